The molecule has 2 aromatic rings. The van der Waals surface area contributed by atoms with Crippen molar-refractivity contribution in [2.75, 3.05) is 0 Å². The summed E-state index contributed by atoms with van der Waals surface area (Å²) in [6.07, 6.45) is 7.19. The van der Waals surface area contributed by atoms with Crippen LogP contribution < -0.4 is 5.73 Å². The quantitative estimate of drug-likeness (QED) is 0.940. The maximum absolute atomic E-state index is 6.40. The smallest absolute Gasteiger partial charge is 0.246 e. The molecule has 114 valence electrons. The topological polar surface area (TPSA) is 64.9 Å². The van der Waals surface area contributed by atoms with Gasteiger partial charge >= 0.3 is 0 Å². The summed E-state index contributed by atoms with van der Waals surface area (Å²) in [4.78, 5) is 4.52. The lowest BCUT2D eigenvalue weighted by Gasteiger charge is -2.29. The molecular formula is C16H22ClN3O. The van der Waals surface area contributed by atoms with Gasteiger partial charge in [0.2, 0.25) is 5.89 Å². The van der Waals surface area contributed by atoms with E-state index in [1.54, 1.807) is 0 Å². The Bertz CT molecular complexity index is 550. The van der Waals surface area contributed by atoms with Gasteiger partial charge in [0.15, 0.2) is 5.82 Å². The summed E-state index contributed by atoms with van der Waals surface area (Å²) in [5.74, 6) is 1.39. The fourth-order valence-corrected chi connectivity index (χ4v) is 2.86. The lowest BCUT2D eigenvalue weighted by molar-refractivity contribution is 0.219. The first-order valence-electron chi connectivity index (χ1n) is 7.42. The third-order valence-electron chi connectivity index (χ3n) is 4.12. The summed E-state index contributed by atoms with van der Waals surface area (Å²) < 4.78 is 5.41. The zero-order valence-electron chi connectivity index (χ0n) is 12.1. The molecule has 1 aromatic heterocycles. The third kappa shape index (κ3) is 3.83. The Morgan fingerprint density at radius 1 is 1.05 bits per heavy atom. The Hall–Kier alpha value is -1.39. The molecule has 1 aliphatic carbocycles. The molecular weight excluding hydrogens is 286 g/mol. The van der Waals surface area contributed by atoms with Crippen molar-refractivity contribution in [3.8, 4) is 0 Å². The zero-order chi connectivity index (χ0) is 13.8. The Labute approximate surface area is 131 Å². The number of rotatable bonds is 4. The average molecular weight is 308 g/mol. The van der Waals surface area contributed by atoms with Crippen LogP contribution in [0.25, 0.3) is 0 Å². The molecule has 21 heavy (non-hydrogen) atoms. The Kier molecular flexibility index (Phi) is 5.37. The van der Waals surface area contributed by atoms with E-state index in [9.17, 15) is 0 Å². The molecule has 4 nitrogen and oxygen atoms in total. The summed E-state index contributed by atoms with van der Waals surface area (Å²) in [7, 11) is 0. The molecule has 1 fully saturated rings. The normalized spacial score (nSPS) is 17.2. The van der Waals surface area contributed by atoms with Crippen LogP contribution in [0.2, 0.25) is 0 Å². The summed E-state index contributed by atoms with van der Waals surface area (Å²) in [5, 5.41) is 4.09. The van der Waals surface area contributed by atoms with E-state index in [-0.39, 0.29) is 12.4 Å². The van der Waals surface area contributed by atoms with Gasteiger partial charge in [-0.25, -0.2) is 0 Å². The van der Waals surface area contributed by atoms with Crippen molar-refractivity contribution >= 4 is 12.4 Å². The van der Waals surface area contributed by atoms with E-state index in [4.69, 9.17) is 10.3 Å². The second-order valence-corrected chi connectivity index (χ2v) is 5.72. The van der Waals surface area contributed by atoms with Gasteiger partial charge < -0.3 is 10.3 Å². The van der Waals surface area contributed by atoms with E-state index in [1.807, 2.05) is 18.2 Å². The molecule has 1 heterocycles. The van der Waals surface area contributed by atoms with Crippen molar-refractivity contribution in [3.63, 3.8) is 0 Å². The van der Waals surface area contributed by atoms with Crippen LogP contribution >= 0.6 is 12.4 Å². The van der Waals surface area contributed by atoms with E-state index in [0.29, 0.717) is 5.89 Å². The molecule has 0 bridgehead atoms. The van der Waals surface area contributed by atoms with E-state index >= 15 is 0 Å². The SMILES string of the molecule is Cl.NC1(c2nc(CCc3ccccc3)no2)CCCCC1. The second kappa shape index (κ2) is 7.05. The summed E-state index contributed by atoms with van der Waals surface area (Å²) in [5.41, 5.74) is 7.30. The monoisotopic (exact) mass is 307 g/mol. The summed E-state index contributed by atoms with van der Waals surface area (Å²) in [6.45, 7) is 0. The predicted octanol–water partition coefficient (Wildman–Crippen LogP) is 3.39. The van der Waals surface area contributed by atoms with Gasteiger partial charge in [-0.3, -0.25) is 0 Å². The van der Waals surface area contributed by atoms with Gasteiger partial charge in [-0.2, -0.15) is 4.98 Å². The highest BCUT2D eigenvalue weighted by molar-refractivity contribution is 5.85. The molecule has 0 spiro atoms. The van der Waals surface area contributed by atoms with Gasteiger partial charge in [-0.15, -0.1) is 12.4 Å². The molecule has 5 heteroatoms. The summed E-state index contributed by atoms with van der Waals surface area (Å²) >= 11 is 0. The molecule has 1 aliphatic rings. The van der Waals surface area contributed by atoms with Gasteiger partial charge in [-0.1, -0.05) is 54.8 Å². The number of nitrogens with two attached hydrogens (primary N) is 1. The minimum absolute atomic E-state index is 0. The van der Waals surface area contributed by atoms with Crippen molar-refractivity contribution < 1.29 is 4.52 Å². The number of hydrogen-bond donors (Lipinski definition) is 1. The maximum Gasteiger partial charge on any atom is 0.246 e. The first-order chi connectivity index (χ1) is 9.76. The number of nitrogens with zero attached hydrogens (tertiary/aromatic N) is 2. The molecule has 1 saturated carbocycles. The van der Waals surface area contributed by atoms with E-state index in [1.165, 1.54) is 12.0 Å². The van der Waals surface area contributed by atoms with Crippen molar-refractivity contribution in [1.29, 1.82) is 0 Å². The van der Waals surface area contributed by atoms with Crippen molar-refractivity contribution in [1.82, 2.24) is 10.1 Å². The fraction of sp³-hybridized carbons (Fsp3) is 0.500. The molecule has 0 aliphatic heterocycles. The Morgan fingerprint density at radius 2 is 1.76 bits per heavy atom. The Morgan fingerprint density at radius 3 is 2.48 bits per heavy atom. The molecule has 1 aromatic carbocycles. The molecule has 0 unspecified atom stereocenters. The largest absolute Gasteiger partial charge is 0.337 e. The van der Waals surface area contributed by atoms with Crippen LogP contribution in [0.3, 0.4) is 0 Å². The third-order valence-corrected chi connectivity index (χ3v) is 4.12. The lowest BCUT2D eigenvalue weighted by atomic mass is 9.82. The standard InChI is InChI=1S/C16H21N3O.ClH/c17-16(11-5-2-6-12-16)15-18-14(19-20-15)10-9-13-7-3-1-4-8-13;/h1,3-4,7-8H,2,5-6,9-12,17H2;1H. The predicted molar refractivity (Wildman–Crippen MR) is 84.3 cm³/mol. The van der Waals surface area contributed by atoms with Crippen molar-refractivity contribution in [3.05, 3.63) is 47.6 Å². The van der Waals surface area contributed by atoms with Crippen LogP contribution in [-0.4, -0.2) is 10.1 Å². The number of aryl methyl sites for hydroxylation is 2. The average Bonchev–Trinajstić information content (AvgIpc) is 2.97. The minimum atomic E-state index is -0.393. The van der Waals surface area contributed by atoms with Crippen LogP contribution in [0.4, 0.5) is 0 Å². The molecule has 2 N–H and O–H groups in total. The first kappa shape index (κ1) is 16.0. The second-order valence-electron chi connectivity index (χ2n) is 5.72. The highest BCUT2D eigenvalue weighted by atomic mass is 35.5. The van der Waals surface area contributed by atoms with Crippen molar-refractivity contribution in [2.45, 2.75) is 50.5 Å². The van der Waals surface area contributed by atoms with Crippen LogP contribution in [0, 0.1) is 0 Å². The van der Waals surface area contributed by atoms with Gasteiger partial charge in [0.1, 0.15) is 0 Å². The number of halogens is 1. The Balaban J connectivity index is 0.00000161. The van der Waals surface area contributed by atoms with Crippen molar-refractivity contribution in [2.24, 2.45) is 5.73 Å². The molecule has 0 amide bonds. The number of hydrogen-bond acceptors (Lipinski definition) is 4. The van der Waals surface area contributed by atoms with E-state index in [2.05, 4.69) is 22.3 Å². The molecule has 0 saturated heterocycles. The minimum Gasteiger partial charge on any atom is -0.337 e. The first-order valence-corrected chi connectivity index (χ1v) is 7.42. The van der Waals surface area contributed by atoms with Crippen LogP contribution in [0.1, 0.15) is 49.4 Å². The zero-order valence-corrected chi connectivity index (χ0v) is 12.9. The van der Waals surface area contributed by atoms with Gasteiger partial charge in [0.05, 0.1) is 5.54 Å². The maximum atomic E-state index is 6.40. The molecule has 0 atom stereocenters. The van der Waals surface area contributed by atoms with Crippen LogP contribution in [-0.2, 0) is 18.4 Å². The number of benzene rings is 1. The van der Waals surface area contributed by atoms with Crippen LogP contribution in [0.5, 0.6) is 0 Å². The molecule has 0 radical (unpaired) electrons. The highest BCUT2D eigenvalue weighted by Gasteiger charge is 2.35. The van der Waals surface area contributed by atoms with Gasteiger partial charge in [-0.05, 0) is 24.8 Å². The van der Waals surface area contributed by atoms with Gasteiger partial charge in [0.25, 0.3) is 0 Å². The number of aromatic nitrogens is 2. The summed E-state index contributed by atoms with van der Waals surface area (Å²) in [6, 6.07) is 10.4. The van der Waals surface area contributed by atoms with E-state index in [0.717, 1.165) is 44.3 Å². The highest BCUT2D eigenvalue weighted by Crippen LogP contribution is 2.33. The van der Waals surface area contributed by atoms with Gasteiger partial charge in [0, 0.05) is 6.42 Å². The van der Waals surface area contributed by atoms with Crippen LogP contribution in [0.15, 0.2) is 34.9 Å². The van der Waals surface area contributed by atoms with E-state index < -0.39 is 5.54 Å². The molecule has 3 rings (SSSR count). The fourth-order valence-electron chi connectivity index (χ4n) is 2.86. The lowest BCUT2D eigenvalue weighted by Crippen LogP contribution is -2.39.